The van der Waals surface area contributed by atoms with Crippen LogP contribution in [0.15, 0.2) is 53.7 Å². The quantitative estimate of drug-likeness (QED) is 0.479. The Morgan fingerprint density at radius 3 is 2.84 bits per heavy atom. The van der Waals surface area contributed by atoms with Crippen LogP contribution < -0.4 is 4.74 Å². The van der Waals surface area contributed by atoms with Gasteiger partial charge in [-0.05, 0) is 36.8 Å². The Morgan fingerprint density at radius 1 is 1.20 bits per heavy atom. The number of nitrogens with zero attached hydrogens (tertiary/aromatic N) is 2. The summed E-state index contributed by atoms with van der Waals surface area (Å²) in [6.07, 6.45) is -0.805. The van der Waals surface area contributed by atoms with E-state index in [1.54, 1.807) is 11.8 Å². The maximum atomic E-state index is 9.83. The van der Waals surface area contributed by atoms with Crippen LogP contribution in [0.1, 0.15) is 5.56 Å². The van der Waals surface area contributed by atoms with Crippen molar-refractivity contribution in [2.75, 3.05) is 19.0 Å². The number of aromatic nitrogens is 2. The van der Waals surface area contributed by atoms with E-state index in [0.717, 1.165) is 27.7 Å². The third-order valence-electron chi connectivity index (χ3n) is 3.80. The monoisotopic (exact) mass is 358 g/mol. The molecule has 0 spiro atoms. The SMILES string of the molecule is Cc1cccc(OCCSc2nc3ccccc3n2C[C@H](O)CO)c1. The second-order valence-corrected chi connectivity index (χ2v) is 6.91. The molecule has 1 heterocycles. The minimum atomic E-state index is -0.805. The highest BCUT2D eigenvalue weighted by atomic mass is 32.2. The molecule has 3 rings (SSSR count). The van der Waals surface area contributed by atoms with Crippen LogP contribution in [0.5, 0.6) is 5.75 Å². The normalized spacial score (nSPS) is 12.4. The summed E-state index contributed by atoms with van der Waals surface area (Å²) in [4.78, 5) is 4.64. The minimum absolute atomic E-state index is 0.271. The largest absolute Gasteiger partial charge is 0.493 e. The molecule has 132 valence electrons. The molecule has 25 heavy (non-hydrogen) atoms. The second-order valence-electron chi connectivity index (χ2n) is 5.84. The number of hydrogen-bond donors (Lipinski definition) is 2. The molecular formula is C19H22N2O3S. The van der Waals surface area contributed by atoms with Gasteiger partial charge in [-0.15, -0.1) is 0 Å². The first-order valence-electron chi connectivity index (χ1n) is 8.24. The Bertz CT molecular complexity index is 834. The predicted octanol–water partition coefficient (Wildman–Crippen LogP) is 2.87. The number of para-hydroxylation sites is 2. The van der Waals surface area contributed by atoms with Crippen molar-refractivity contribution in [3.63, 3.8) is 0 Å². The summed E-state index contributed by atoms with van der Waals surface area (Å²) in [7, 11) is 0. The van der Waals surface area contributed by atoms with Gasteiger partial charge in [0.1, 0.15) is 5.75 Å². The molecule has 0 unspecified atom stereocenters. The second kappa shape index (κ2) is 8.38. The standard InChI is InChI=1S/C19H22N2O3S/c1-14-5-4-6-16(11-14)24-9-10-25-19-20-17-7-2-3-8-18(17)21(19)12-15(23)13-22/h2-8,11,15,22-23H,9-10,12-13H2,1H3/t15-/m0/s1. The fourth-order valence-corrected chi connectivity index (χ4v) is 3.45. The minimum Gasteiger partial charge on any atom is -0.493 e. The van der Waals surface area contributed by atoms with E-state index in [9.17, 15) is 5.11 Å². The Kier molecular flexibility index (Phi) is 5.96. The van der Waals surface area contributed by atoms with Crippen LogP contribution >= 0.6 is 11.8 Å². The maximum absolute atomic E-state index is 9.83. The first kappa shape index (κ1) is 17.8. The molecule has 3 aromatic rings. The predicted molar refractivity (Wildman–Crippen MR) is 100 cm³/mol. The summed E-state index contributed by atoms with van der Waals surface area (Å²) >= 11 is 1.58. The number of aliphatic hydroxyl groups is 2. The van der Waals surface area contributed by atoms with Gasteiger partial charge in [0.05, 0.1) is 36.9 Å². The first-order valence-corrected chi connectivity index (χ1v) is 9.22. The molecule has 0 saturated heterocycles. The van der Waals surface area contributed by atoms with Crippen molar-refractivity contribution in [3.05, 3.63) is 54.1 Å². The van der Waals surface area contributed by atoms with E-state index in [1.807, 2.05) is 60.0 Å². The lowest BCUT2D eigenvalue weighted by Gasteiger charge is -2.12. The molecule has 6 heteroatoms. The van der Waals surface area contributed by atoms with Gasteiger partial charge in [0, 0.05) is 5.75 Å². The molecule has 1 atom stereocenters. The van der Waals surface area contributed by atoms with Crippen LogP contribution in [0.3, 0.4) is 0 Å². The van der Waals surface area contributed by atoms with Gasteiger partial charge in [0.2, 0.25) is 0 Å². The van der Waals surface area contributed by atoms with Crippen LogP contribution in [-0.4, -0.2) is 44.8 Å². The maximum Gasteiger partial charge on any atom is 0.169 e. The smallest absolute Gasteiger partial charge is 0.169 e. The van der Waals surface area contributed by atoms with Crippen molar-refractivity contribution in [2.45, 2.75) is 24.7 Å². The topological polar surface area (TPSA) is 67.5 Å². The zero-order valence-corrected chi connectivity index (χ0v) is 14.9. The van der Waals surface area contributed by atoms with Gasteiger partial charge in [0.15, 0.2) is 5.16 Å². The van der Waals surface area contributed by atoms with E-state index >= 15 is 0 Å². The summed E-state index contributed by atoms with van der Waals surface area (Å²) in [6.45, 7) is 2.65. The van der Waals surface area contributed by atoms with Crippen LogP contribution in [0.2, 0.25) is 0 Å². The number of benzene rings is 2. The number of aliphatic hydroxyl groups excluding tert-OH is 2. The van der Waals surface area contributed by atoms with Crippen LogP contribution in [0.4, 0.5) is 0 Å². The molecule has 0 radical (unpaired) electrons. The van der Waals surface area contributed by atoms with E-state index in [0.29, 0.717) is 13.2 Å². The van der Waals surface area contributed by atoms with Gasteiger partial charge in [-0.3, -0.25) is 0 Å². The van der Waals surface area contributed by atoms with Gasteiger partial charge in [-0.25, -0.2) is 4.98 Å². The van der Waals surface area contributed by atoms with Gasteiger partial charge >= 0.3 is 0 Å². The van der Waals surface area contributed by atoms with Crippen LogP contribution in [-0.2, 0) is 6.54 Å². The van der Waals surface area contributed by atoms with E-state index in [-0.39, 0.29) is 6.61 Å². The van der Waals surface area contributed by atoms with Gasteiger partial charge < -0.3 is 19.5 Å². The number of aryl methyl sites for hydroxylation is 1. The number of hydrogen-bond acceptors (Lipinski definition) is 5. The molecule has 0 aliphatic rings. The van der Waals surface area contributed by atoms with Crippen molar-refractivity contribution < 1.29 is 14.9 Å². The zero-order chi connectivity index (χ0) is 17.6. The average molecular weight is 358 g/mol. The molecule has 2 aromatic carbocycles. The van der Waals surface area contributed by atoms with E-state index in [2.05, 4.69) is 4.98 Å². The third-order valence-corrected chi connectivity index (χ3v) is 4.74. The summed E-state index contributed by atoms with van der Waals surface area (Å²) < 4.78 is 7.73. The molecule has 5 nitrogen and oxygen atoms in total. The zero-order valence-electron chi connectivity index (χ0n) is 14.1. The van der Waals surface area contributed by atoms with E-state index in [1.165, 1.54) is 5.56 Å². The van der Waals surface area contributed by atoms with Crippen molar-refractivity contribution in [3.8, 4) is 5.75 Å². The van der Waals surface area contributed by atoms with Crippen molar-refractivity contribution >= 4 is 22.8 Å². The van der Waals surface area contributed by atoms with E-state index in [4.69, 9.17) is 9.84 Å². The van der Waals surface area contributed by atoms with Crippen LogP contribution in [0.25, 0.3) is 11.0 Å². The number of imidazole rings is 1. The lowest BCUT2D eigenvalue weighted by molar-refractivity contribution is 0.0802. The molecule has 1 aromatic heterocycles. The Morgan fingerprint density at radius 2 is 2.04 bits per heavy atom. The molecule has 0 aliphatic carbocycles. The van der Waals surface area contributed by atoms with Crippen LogP contribution in [0, 0.1) is 6.92 Å². The molecule has 0 aliphatic heterocycles. The van der Waals surface area contributed by atoms with Gasteiger partial charge in [0.25, 0.3) is 0 Å². The van der Waals surface area contributed by atoms with Gasteiger partial charge in [-0.2, -0.15) is 0 Å². The average Bonchev–Trinajstić information content (AvgIpc) is 2.96. The van der Waals surface area contributed by atoms with E-state index < -0.39 is 6.10 Å². The Labute approximate surface area is 151 Å². The Balaban J connectivity index is 1.67. The van der Waals surface area contributed by atoms with Crippen molar-refractivity contribution in [2.24, 2.45) is 0 Å². The Hall–Kier alpha value is -2.02. The number of ether oxygens (including phenoxy) is 1. The molecule has 0 amide bonds. The van der Waals surface area contributed by atoms with Gasteiger partial charge in [-0.1, -0.05) is 36.0 Å². The van der Waals surface area contributed by atoms with Crippen molar-refractivity contribution in [1.29, 1.82) is 0 Å². The molecule has 0 saturated carbocycles. The summed E-state index contributed by atoms with van der Waals surface area (Å²) in [5.74, 6) is 1.61. The first-order chi connectivity index (χ1) is 12.2. The highest BCUT2D eigenvalue weighted by molar-refractivity contribution is 7.99. The number of thioether (sulfide) groups is 1. The number of fused-ring (bicyclic) bond motifs is 1. The summed E-state index contributed by atoms with van der Waals surface area (Å²) in [5, 5.41) is 19.8. The highest BCUT2D eigenvalue weighted by Crippen LogP contribution is 2.24. The highest BCUT2D eigenvalue weighted by Gasteiger charge is 2.14. The third kappa shape index (κ3) is 4.54. The summed E-state index contributed by atoms with van der Waals surface area (Å²) in [6, 6.07) is 15.8. The van der Waals surface area contributed by atoms with Crippen molar-refractivity contribution in [1.82, 2.24) is 9.55 Å². The molecule has 0 bridgehead atoms. The fourth-order valence-electron chi connectivity index (χ4n) is 2.61. The molecule has 0 fully saturated rings. The lowest BCUT2D eigenvalue weighted by Crippen LogP contribution is -2.20. The summed E-state index contributed by atoms with van der Waals surface area (Å²) in [5.41, 5.74) is 3.01. The molecular weight excluding hydrogens is 336 g/mol. The number of rotatable bonds is 8. The molecule has 2 N–H and O–H groups in total. The lowest BCUT2D eigenvalue weighted by atomic mass is 10.2. The fraction of sp³-hybridized carbons (Fsp3) is 0.316.